The Morgan fingerprint density at radius 1 is 1.19 bits per heavy atom. The van der Waals surface area contributed by atoms with Crippen LogP contribution in [0.25, 0.3) is 0 Å². The van der Waals surface area contributed by atoms with Crippen molar-refractivity contribution >= 4 is 16.2 Å². The Bertz CT molecular complexity index is 813. The van der Waals surface area contributed by atoms with Crippen molar-refractivity contribution in [1.29, 1.82) is 0 Å². The molecule has 0 aliphatic heterocycles. The Morgan fingerprint density at radius 3 is 2.54 bits per heavy atom. The summed E-state index contributed by atoms with van der Waals surface area (Å²) in [6, 6.07) is 0. The van der Waals surface area contributed by atoms with Crippen molar-refractivity contribution in [2.75, 3.05) is 0 Å². The number of ketones is 1. The standard InChI is InChI=1S/C19H28O5S.Na/c1-18-9-7-13(24-25(21,22)23)11-12(18)3-4-14-15-5-6-17(20)19(15,2)10-8-16(14)18;/h3,13-16H,4-11H2,1-2H3,(H,21,22,23);/q;+1/p-1/t13-,14-,15-,16-,18-,19-;/m0./s1/i6D2;. The van der Waals surface area contributed by atoms with Gasteiger partial charge >= 0.3 is 29.6 Å². The Hall–Kier alpha value is 0.280. The van der Waals surface area contributed by atoms with Gasteiger partial charge in [0.25, 0.3) is 0 Å². The molecule has 5 nitrogen and oxygen atoms in total. The number of hydrogen-bond acceptors (Lipinski definition) is 5. The molecule has 6 atom stereocenters. The molecule has 3 fully saturated rings. The van der Waals surface area contributed by atoms with E-state index in [1.807, 2.05) is 6.92 Å². The normalized spacial score (nSPS) is 48.1. The summed E-state index contributed by atoms with van der Waals surface area (Å²) >= 11 is 0. The van der Waals surface area contributed by atoms with Gasteiger partial charge in [0.1, 0.15) is 5.78 Å². The van der Waals surface area contributed by atoms with E-state index in [-0.39, 0.29) is 52.6 Å². The number of rotatable bonds is 2. The maximum Gasteiger partial charge on any atom is 1.00 e. The second-order valence-corrected chi connectivity index (χ2v) is 9.80. The third-order valence-corrected chi connectivity index (χ3v) is 8.21. The first kappa shape index (κ1) is 18.3. The van der Waals surface area contributed by atoms with E-state index in [1.165, 1.54) is 5.57 Å². The number of hydrogen-bond donors (Lipinski definition) is 0. The quantitative estimate of drug-likeness (QED) is 0.293. The summed E-state index contributed by atoms with van der Waals surface area (Å²) in [6.07, 6.45) is 4.28. The van der Waals surface area contributed by atoms with Crippen molar-refractivity contribution < 1.29 is 54.2 Å². The van der Waals surface area contributed by atoms with Gasteiger partial charge in [0.2, 0.25) is 10.4 Å². The minimum Gasteiger partial charge on any atom is -0.726 e. The van der Waals surface area contributed by atoms with E-state index < -0.39 is 28.3 Å². The number of carbonyl (C=O) groups excluding carboxylic acids is 1. The summed E-state index contributed by atoms with van der Waals surface area (Å²) in [4.78, 5) is 12.7. The van der Waals surface area contributed by atoms with Gasteiger partial charge in [0.05, 0.1) is 6.10 Å². The maximum atomic E-state index is 12.7. The zero-order valence-electron chi connectivity index (χ0n) is 17.8. The van der Waals surface area contributed by atoms with Crippen LogP contribution in [0.1, 0.15) is 67.9 Å². The fourth-order valence-electron chi connectivity index (χ4n) is 6.26. The summed E-state index contributed by atoms with van der Waals surface area (Å²) in [5, 5.41) is 0. The molecule has 0 aromatic heterocycles. The van der Waals surface area contributed by atoms with Gasteiger partial charge in [0, 0.05) is 14.5 Å². The second kappa shape index (κ2) is 6.96. The molecule has 3 saturated carbocycles. The zero-order chi connectivity index (χ0) is 19.8. The summed E-state index contributed by atoms with van der Waals surface area (Å²) in [5.74, 6) is 0.474. The van der Waals surface area contributed by atoms with Gasteiger partial charge in [-0.3, -0.25) is 8.98 Å². The van der Waals surface area contributed by atoms with Crippen LogP contribution >= 0.6 is 0 Å². The van der Waals surface area contributed by atoms with Crippen molar-refractivity contribution in [2.24, 2.45) is 28.6 Å². The number of fused-ring (bicyclic) bond motifs is 5. The van der Waals surface area contributed by atoms with Crippen LogP contribution < -0.4 is 29.6 Å². The van der Waals surface area contributed by atoms with Gasteiger partial charge in [-0.15, -0.1) is 0 Å². The monoisotopic (exact) mass is 392 g/mol. The molecule has 7 heteroatoms. The van der Waals surface area contributed by atoms with Gasteiger partial charge in [-0.25, -0.2) is 8.42 Å². The van der Waals surface area contributed by atoms with Gasteiger partial charge in [0.15, 0.2) is 0 Å². The van der Waals surface area contributed by atoms with Crippen LogP contribution in [0.3, 0.4) is 0 Å². The maximum absolute atomic E-state index is 12.7. The first-order valence-electron chi connectivity index (χ1n) is 10.3. The van der Waals surface area contributed by atoms with E-state index in [9.17, 15) is 17.8 Å². The van der Waals surface area contributed by atoms with E-state index in [0.717, 1.165) is 25.7 Å². The van der Waals surface area contributed by atoms with Crippen LogP contribution in [0.4, 0.5) is 0 Å². The Morgan fingerprint density at radius 2 is 1.85 bits per heavy atom. The first-order valence-corrected chi connectivity index (χ1v) is 10.6. The van der Waals surface area contributed by atoms with E-state index >= 15 is 0 Å². The average Bonchev–Trinajstić information content (AvgIpc) is 2.73. The molecule has 0 spiro atoms. The molecule has 0 aromatic carbocycles. The molecule has 4 rings (SSSR count). The van der Waals surface area contributed by atoms with Gasteiger partial charge in [-0.05, 0) is 68.1 Å². The van der Waals surface area contributed by atoms with Crippen LogP contribution in [0.5, 0.6) is 0 Å². The van der Waals surface area contributed by atoms with E-state index in [1.54, 1.807) is 0 Å². The second-order valence-electron chi connectivity index (χ2n) is 8.79. The third kappa shape index (κ3) is 3.29. The molecule has 0 bridgehead atoms. The Balaban J connectivity index is 0.00000225. The number of allylic oxidation sites excluding steroid dienone is 1. The Kier molecular flexibility index (Phi) is 4.90. The zero-order valence-corrected chi connectivity index (χ0v) is 18.6. The van der Waals surface area contributed by atoms with Crippen molar-refractivity contribution in [3.05, 3.63) is 11.6 Å². The van der Waals surface area contributed by atoms with Crippen molar-refractivity contribution in [1.82, 2.24) is 0 Å². The van der Waals surface area contributed by atoms with Gasteiger partial charge in [-0.2, -0.15) is 0 Å². The van der Waals surface area contributed by atoms with Crippen LogP contribution in [0, 0.1) is 28.6 Å². The number of Topliss-reactive ketones (excluding diaryl/α,β-unsaturated/α-hetero) is 1. The number of carbonyl (C=O) groups is 1. The molecule has 0 heterocycles. The van der Waals surface area contributed by atoms with Crippen LogP contribution in [0.2, 0.25) is 0 Å². The minimum atomic E-state index is -4.70. The molecule has 0 amide bonds. The summed E-state index contributed by atoms with van der Waals surface area (Å²) in [5.41, 5.74) is 0.512. The fraction of sp³-hybridized carbons (Fsp3) is 0.842. The van der Waals surface area contributed by atoms with Crippen molar-refractivity contribution in [3.63, 3.8) is 0 Å². The largest absolute Gasteiger partial charge is 1.00 e. The molecular weight excluding hydrogens is 363 g/mol. The summed E-state index contributed by atoms with van der Waals surface area (Å²) in [7, 11) is -4.70. The van der Waals surface area contributed by atoms with Gasteiger partial charge < -0.3 is 4.55 Å². The van der Waals surface area contributed by atoms with Gasteiger partial charge in [-0.1, -0.05) is 25.5 Å². The van der Waals surface area contributed by atoms with Crippen LogP contribution in [-0.2, 0) is 19.4 Å². The smallest absolute Gasteiger partial charge is 0.726 e. The molecule has 26 heavy (non-hydrogen) atoms. The van der Waals surface area contributed by atoms with Crippen LogP contribution in [-0.4, -0.2) is 24.9 Å². The van der Waals surface area contributed by atoms with Crippen molar-refractivity contribution in [3.8, 4) is 0 Å². The Labute approximate surface area is 181 Å². The van der Waals surface area contributed by atoms with Crippen LogP contribution in [0.15, 0.2) is 11.6 Å². The van der Waals surface area contributed by atoms with Crippen molar-refractivity contribution in [2.45, 2.75) is 71.3 Å². The molecule has 0 N–H and O–H groups in total. The fourth-order valence-corrected chi connectivity index (χ4v) is 6.76. The molecular formula is C19H27NaO5S. The SMILES string of the molecule is [2H]C1([2H])C[C@H]2[C@@H]3CC=C4C[C@@H](OS(=O)(=O)[O-])CC[C@]4(C)[C@H]3CC[C@]2(C)C1=O.[Na+]. The molecule has 4 aliphatic carbocycles. The minimum absolute atomic E-state index is 0. The van der Waals surface area contributed by atoms with E-state index in [2.05, 4.69) is 13.0 Å². The topological polar surface area (TPSA) is 83.5 Å². The predicted molar refractivity (Wildman–Crippen MR) is 91.3 cm³/mol. The van der Waals surface area contributed by atoms with E-state index in [4.69, 9.17) is 6.92 Å². The average molecular weight is 392 g/mol. The predicted octanol–water partition coefficient (Wildman–Crippen LogP) is 0.368. The first-order chi connectivity index (χ1) is 12.4. The molecule has 0 radical (unpaired) electrons. The molecule has 140 valence electrons. The molecule has 0 aromatic rings. The third-order valence-electron chi connectivity index (χ3n) is 7.70. The molecule has 0 unspecified atom stereocenters. The molecule has 4 aliphatic rings. The van der Waals surface area contributed by atoms with E-state index in [0.29, 0.717) is 25.2 Å². The summed E-state index contributed by atoms with van der Waals surface area (Å²) in [6.45, 7) is 4.16. The molecule has 0 saturated heterocycles. The summed E-state index contributed by atoms with van der Waals surface area (Å²) < 4.78 is 53.9.